The Morgan fingerprint density at radius 1 is 1.07 bits per heavy atom. The molecule has 1 amide bonds. The number of Topliss-reactive ketones (excluding diaryl/α,β-unsaturated/α-hetero) is 1. The molecule has 0 bridgehead atoms. The number of fused-ring (bicyclic) bond motifs is 1. The zero-order valence-electron chi connectivity index (χ0n) is 15.9. The largest absolute Gasteiger partial charge is 0.335 e. The summed E-state index contributed by atoms with van der Waals surface area (Å²) in [5.74, 6) is -0.503. The summed E-state index contributed by atoms with van der Waals surface area (Å²) in [5.41, 5.74) is 1.84. The maximum atomic E-state index is 13.0. The predicted octanol–water partition coefficient (Wildman–Crippen LogP) is 3.12. The Hall–Kier alpha value is -2.58. The van der Waals surface area contributed by atoms with Gasteiger partial charge in [-0.05, 0) is 42.5 Å². The second kappa shape index (κ2) is 8.04. The van der Waals surface area contributed by atoms with Crippen LogP contribution in [0.5, 0.6) is 0 Å². The zero-order chi connectivity index (χ0) is 20.5. The van der Waals surface area contributed by atoms with Crippen molar-refractivity contribution in [1.29, 1.82) is 0 Å². The van der Waals surface area contributed by atoms with E-state index in [0.717, 1.165) is 15.4 Å². The van der Waals surface area contributed by atoms with Gasteiger partial charge in [-0.15, -0.1) is 0 Å². The Morgan fingerprint density at radius 3 is 2.45 bits per heavy atom. The van der Waals surface area contributed by atoms with Gasteiger partial charge in [0.15, 0.2) is 11.5 Å². The maximum absolute atomic E-state index is 13.0. The van der Waals surface area contributed by atoms with E-state index in [1.165, 1.54) is 24.3 Å². The molecule has 29 heavy (non-hydrogen) atoms. The van der Waals surface area contributed by atoms with Crippen molar-refractivity contribution < 1.29 is 14.0 Å². The molecule has 1 fully saturated rings. The molecule has 1 aliphatic heterocycles. The second-order valence-electron chi connectivity index (χ2n) is 7.13. The van der Waals surface area contributed by atoms with Crippen molar-refractivity contribution >= 4 is 38.5 Å². The standard InChI is InChI=1S/C21H20BrFN4O2/c1-25-18-12-15(22)4-7-17(18)20(24-25)21(29)27-10-8-26(9-11-27)13-19(28)14-2-5-16(23)6-3-14/h2-7,12H,8-11,13H2,1H3. The van der Waals surface area contributed by atoms with E-state index in [-0.39, 0.29) is 24.1 Å². The third-order valence-electron chi connectivity index (χ3n) is 5.21. The lowest BCUT2D eigenvalue weighted by Crippen LogP contribution is -2.50. The normalized spacial score (nSPS) is 15.1. The monoisotopic (exact) mass is 458 g/mol. The van der Waals surface area contributed by atoms with Gasteiger partial charge in [-0.1, -0.05) is 15.9 Å². The summed E-state index contributed by atoms with van der Waals surface area (Å²) in [6.45, 7) is 2.53. The number of aryl methyl sites for hydroxylation is 1. The highest BCUT2D eigenvalue weighted by atomic mass is 79.9. The van der Waals surface area contributed by atoms with E-state index >= 15 is 0 Å². The molecule has 0 saturated carbocycles. The third-order valence-corrected chi connectivity index (χ3v) is 5.70. The number of piperazine rings is 1. The Labute approximate surface area is 176 Å². The molecule has 8 heteroatoms. The van der Waals surface area contributed by atoms with E-state index in [1.54, 1.807) is 9.58 Å². The number of rotatable bonds is 4. The van der Waals surface area contributed by atoms with Gasteiger partial charge in [0.25, 0.3) is 5.91 Å². The number of nitrogens with zero attached hydrogens (tertiary/aromatic N) is 4. The Balaban J connectivity index is 1.40. The quantitative estimate of drug-likeness (QED) is 0.563. The Bertz CT molecular complexity index is 1070. The van der Waals surface area contributed by atoms with Crippen molar-refractivity contribution in [3.05, 3.63) is 64.0 Å². The fourth-order valence-electron chi connectivity index (χ4n) is 3.58. The van der Waals surface area contributed by atoms with Crippen molar-refractivity contribution in [2.75, 3.05) is 32.7 Å². The SMILES string of the molecule is Cn1nc(C(=O)N2CCN(CC(=O)c3ccc(F)cc3)CC2)c2ccc(Br)cc21. The van der Waals surface area contributed by atoms with Crippen LogP contribution in [0.4, 0.5) is 4.39 Å². The minimum Gasteiger partial charge on any atom is -0.335 e. The molecular formula is C21H20BrFN4O2. The van der Waals surface area contributed by atoms with Crippen molar-refractivity contribution in [1.82, 2.24) is 19.6 Å². The molecule has 0 spiro atoms. The molecule has 1 aromatic heterocycles. The van der Waals surface area contributed by atoms with Crippen molar-refractivity contribution in [2.45, 2.75) is 0 Å². The number of hydrogen-bond acceptors (Lipinski definition) is 4. The minimum atomic E-state index is -0.358. The molecule has 1 aliphatic rings. The number of benzene rings is 2. The van der Waals surface area contributed by atoms with Crippen LogP contribution in [0, 0.1) is 5.82 Å². The van der Waals surface area contributed by atoms with Crippen molar-refractivity contribution in [2.24, 2.45) is 7.05 Å². The van der Waals surface area contributed by atoms with Crippen LogP contribution in [-0.2, 0) is 7.05 Å². The van der Waals surface area contributed by atoms with E-state index in [0.29, 0.717) is 37.4 Å². The molecule has 0 unspecified atom stereocenters. The van der Waals surface area contributed by atoms with Crippen LogP contribution < -0.4 is 0 Å². The van der Waals surface area contributed by atoms with Crippen molar-refractivity contribution in [3.8, 4) is 0 Å². The second-order valence-corrected chi connectivity index (χ2v) is 8.05. The molecule has 6 nitrogen and oxygen atoms in total. The summed E-state index contributed by atoms with van der Waals surface area (Å²) in [4.78, 5) is 29.2. The summed E-state index contributed by atoms with van der Waals surface area (Å²) >= 11 is 3.45. The minimum absolute atomic E-state index is 0.0499. The van der Waals surface area contributed by atoms with Gasteiger partial charge in [0.2, 0.25) is 0 Å². The van der Waals surface area contributed by atoms with Gasteiger partial charge in [0.1, 0.15) is 5.82 Å². The number of carbonyl (C=O) groups excluding carboxylic acids is 2. The number of aromatic nitrogens is 2. The van der Waals surface area contributed by atoms with Gasteiger partial charge in [-0.3, -0.25) is 19.2 Å². The first kappa shape index (κ1) is 19.7. The fourth-order valence-corrected chi connectivity index (χ4v) is 3.93. The first-order valence-electron chi connectivity index (χ1n) is 9.35. The van der Waals surface area contributed by atoms with Crippen LogP contribution >= 0.6 is 15.9 Å². The van der Waals surface area contributed by atoms with E-state index < -0.39 is 0 Å². The highest BCUT2D eigenvalue weighted by Gasteiger charge is 2.26. The van der Waals surface area contributed by atoms with Gasteiger partial charge < -0.3 is 4.90 Å². The average molecular weight is 459 g/mol. The molecule has 150 valence electrons. The van der Waals surface area contributed by atoms with Crippen LogP contribution in [0.25, 0.3) is 10.9 Å². The van der Waals surface area contributed by atoms with Gasteiger partial charge >= 0.3 is 0 Å². The molecule has 0 aliphatic carbocycles. The van der Waals surface area contributed by atoms with E-state index in [9.17, 15) is 14.0 Å². The number of hydrogen-bond donors (Lipinski definition) is 0. The van der Waals surface area contributed by atoms with Crippen LogP contribution in [0.3, 0.4) is 0 Å². The topological polar surface area (TPSA) is 58.4 Å². The summed E-state index contributed by atoms with van der Waals surface area (Å²) < 4.78 is 15.7. The highest BCUT2D eigenvalue weighted by molar-refractivity contribution is 9.10. The lowest BCUT2D eigenvalue weighted by Gasteiger charge is -2.34. The summed E-state index contributed by atoms with van der Waals surface area (Å²) in [5, 5.41) is 5.25. The van der Waals surface area contributed by atoms with Crippen LogP contribution in [0.1, 0.15) is 20.8 Å². The van der Waals surface area contributed by atoms with Gasteiger partial charge in [0, 0.05) is 48.6 Å². The molecule has 1 saturated heterocycles. The third kappa shape index (κ3) is 4.09. The smallest absolute Gasteiger partial charge is 0.275 e. The predicted molar refractivity (Wildman–Crippen MR) is 111 cm³/mol. The molecule has 0 radical (unpaired) electrons. The summed E-state index contributed by atoms with van der Waals surface area (Å²) in [6.07, 6.45) is 0. The van der Waals surface area contributed by atoms with E-state index in [1.807, 2.05) is 30.1 Å². The fraction of sp³-hybridized carbons (Fsp3) is 0.286. The van der Waals surface area contributed by atoms with Gasteiger partial charge in [-0.25, -0.2) is 4.39 Å². The number of ketones is 1. The molecule has 3 aromatic rings. The average Bonchev–Trinajstić information content (AvgIpc) is 3.04. The summed E-state index contributed by atoms with van der Waals surface area (Å²) in [7, 11) is 1.82. The molecule has 0 atom stereocenters. The maximum Gasteiger partial charge on any atom is 0.275 e. The lowest BCUT2D eigenvalue weighted by molar-refractivity contribution is 0.0620. The number of amides is 1. The van der Waals surface area contributed by atoms with E-state index in [4.69, 9.17) is 0 Å². The molecule has 4 rings (SSSR count). The van der Waals surface area contributed by atoms with E-state index in [2.05, 4.69) is 21.0 Å². The van der Waals surface area contributed by atoms with Crippen LogP contribution in [0.15, 0.2) is 46.9 Å². The molecule has 2 heterocycles. The highest BCUT2D eigenvalue weighted by Crippen LogP contribution is 2.23. The van der Waals surface area contributed by atoms with Crippen molar-refractivity contribution in [3.63, 3.8) is 0 Å². The first-order valence-corrected chi connectivity index (χ1v) is 10.1. The van der Waals surface area contributed by atoms with Gasteiger partial charge in [0.05, 0.1) is 12.1 Å². The zero-order valence-corrected chi connectivity index (χ0v) is 17.5. The van der Waals surface area contributed by atoms with Crippen LogP contribution in [-0.4, -0.2) is 64.0 Å². The number of halogens is 2. The molecule has 2 aromatic carbocycles. The molecular weight excluding hydrogens is 439 g/mol. The lowest BCUT2D eigenvalue weighted by atomic mass is 10.1. The Kier molecular flexibility index (Phi) is 5.47. The number of carbonyl (C=O) groups is 2. The Morgan fingerprint density at radius 2 is 1.76 bits per heavy atom. The summed E-state index contributed by atoms with van der Waals surface area (Å²) in [6, 6.07) is 11.3. The van der Waals surface area contributed by atoms with Gasteiger partial charge in [-0.2, -0.15) is 5.10 Å². The first-order chi connectivity index (χ1) is 13.9. The van der Waals surface area contributed by atoms with Crippen LogP contribution in [0.2, 0.25) is 0 Å². The molecule has 0 N–H and O–H groups in total.